The Morgan fingerprint density at radius 1 is 1.30 bits per heavy atom. The molecule has 0 radical (unpaired) electrons. The van der Waals surface area contributed by atoms with Crippen molar-refractivity contribution in [1.29, 1.82) is 0 Å². The summed E-state index contributed by atoms with van der Waals surface area (Å²) in [6, 6.07) is 2.55. The molecule has 0 bridgehead atoms. The van der Waals surface area contributed by atoms with Crippen LogP contribution in [0.1, 0.15) is 61.9 Å². The molecule has 23 heavy (non-hydrogen) atoms. The fraction of sp³-hybridized carbons (Fsp3) is 0.667. The minimum absolute atomic E-state index is 0.0443. The summed E-state index contributed by atoms with van der Waals surface area (Å²) < 4.78 is 0. The van der Waals surface area contributed by atoms with Gasteiger partial charge in [0.05, 0.1) is 12.1 Å². The number of thiophene rings is 1. The van der Waals surface area contributed by atoms with E-state index < -0.39 is 0 Å². The molecule has 4 nitrogen and oxygen atoms in total. The molecule has 124 valence electrons. The van der Waals surface area contributed by atoms with Gasteiger partial charge in [-0.1, -0.05) is 19.8 Å². The molecule has 1 spiro atoms. The van der Waals surface area contributed by atoms with E-state index in [1.54, 1.807) is 4.90 Å². The van der Waals surface area contributed by atoms with Crippen molar-refractivity contribution in [3.8, 4) is 0 Å². The van der Waals surface area contributed by atoms with Crippen LogP contribution in [-0.4, -0.2) is 34.8 Å². The lowest BCUT2D eigenvalue weighted by atomic mass is 9.84. The quantitative estimate of drug-likeness (QED) is 0.797. The molecule has 0 aromatic carbocycles. The Morgan fingerprint density at radius 2 is 2.09 bits per heavy atom. The summed E-state index contributed by atoms with van der Waals surface area (Å²) in [5.41, 5.74) is 1.06. The monoisotopic (exact) mass is 332 g/mol. The van der Waals surface area contributed by atoms with E-state index in [-0.39, 0.29) is 17.2 Å². The van der Waals surface area contributed by atoms with Crippen LogP contribution in [0.4, 0.5) is 0 Å². The van der Waals surface area contributed by atoms with Gasteiger partial charge in [0.2, 0.25) is 11.8 Å². The lowest BCUT2D eigenvalue weighted by Crippen LogP contribution is -2.46. The van der Waals surface area contributed by atoms with Crippen molar-refractivity contribution in [3.63, 3.8) is 0 Å². The topological polar surface area (TPSA) is 40.6 Å². The van der Waals surface area contributed by atoms with Gasteiger partial charge in [0.15, 0.2) is 0 Å². The van der Waals surface area contributed by atoms with Crippen molar-refractivity contribution in [1.82, 2.24) is 9.80 Å². The number of rotatable bonds is 3. The maximum Gasteiger partial charge on any atom is 0.237 e. The van der Waals surface area contributed by atoms with Gasteiger partial charge in [-0.15, -0.1) is 11.3 Å². The van der Waals surface area contributed by atoms with Crippen molar-refractivity contribution in [3.05, 3.63) is 21.9 Å². The first kappa shape index (κ1) is 15.3. The third-order valence-electron chi connectivity index (χ3n) is 5.97. The number of imide groups is 1. The molecule has 3 heterocycles. The van der Waals surface area contributed by atoms with Gasteiger partial charge in [0.1, 0.15) is 0 Å². The van der Waals surface area contributed by atoms with E-state index in [0.29, 0.717) is 19.1 Å². The molecule has 4 rings (SSSR count). The van der Waals surface area contributed by atoms with E-state index >= 15 is 0 Å². The van der Waals surface area contributed by atoms with E-state index in [1.165, 1.54) is 10.4 Å². The Bertz CT molecular complexity index is 633. The van der Waals surface area contributed by atoms with Crippen molar-refractivity contribution < 1.29 is 9.59 Å². The maximum absolute atomic E-state index is 12.9. The first-order valence-electron chi connectivity index (χ1n) is 8.80. The van der Waals surface area contributed by atoms with Crippen LogP contribution in [0.3, 0.4) is 0 Å². The van der Waals surface area contributed by atoms with Gasteiger partial charge in [-0.05, 0) is 42.7 Å². The summed E-state index contributed by atoms with van der Waals surface area (Å²) in [4.78, 5) is 30.7. The standard InChI is InChI=1S/C18H24N2O2S/c1-2-14-13-6-10-23-15(13)5-9-19(14)12-20-16(21)11-18(17(20)22)7-3-4-8-18/h6,10,14H,2-5,7-9,11-12H2,1H3. The third-order valence-corrected chi connectivity index (χ3v) is 6.96. The van der Waals surface area contributed by atoms with Crippen molar-refractivity contribution in [2.24, 2.45) is 5.41 Å². The van der Waals surface area contributed by atoms with Crippen LogP contribution in [0.15, 0.2) is 11.4 Å². The van der Waals surface area contributed by atoms with Crippen LogP contribution in [0.25, 0.3) is 0 Å². The third kappa shape index (κ3) is 2.36. The van der Waals surface area contributed by atoms with E-state index in [9.17, 15) is 9.59 Å². The molecule has 3 aliphatic rings. The number of carbonyl (C=O) groups excluding carboxylic acids is 2. The zero-order chi connectivity index (χ0) is 16.0. The second-order valence-corrected chi connectivity index (χ2v) is 8.22. The van der Waals surface area contributed by atoms with Gasteiger partial charge in [-0.2, -0.15) is 0 Å². The van der Waals surface area contributed by atoms with Crippen LogP contribution in [0.2, 0.25) is 0 Å². The smallest absolute Gasteiger partial charge is 0.237 e. The lowest BCUT2D eigenvalue weighted by Gasteiger charge is -2.37. The zero-order valence-corrected chi connectivity index (χ0v) is 14.5. The first-order chi connectivity index (χ1) is 11.1. The number of amides is 2. The SMILES string of the molecule is CCC1c2ccsc2CCN1CN1C(=O)CC2(CCCC2)C1=O. The number of carbonyl (C=O) groups is 2. The molecule has 1 unspecified atom stereocenters. The average molecular weight is 332 g/mol. The van der Waals surface area contributed by atoms with Crippen LogP contribution in [0.5, 0.6) is 0 Å². The van der Waals surface area contributed by atoms with Crippen LogP contribution < -0.4 is 0 Å². The van der Waals surface area contributed by atoms with Crippen molar-refractivity contribution in [2.75, 3.05) is 13.2 Å². The second kappa shape index (κ2) is 5.71. The highest BCUT2D eigenvalue weighted by Crippen LogP contribution is 2.47. The van der Waals surface area contributed by atoms with Gasteiger partial charge < -0.3 is 0 Å². The second-order valence-electron chi connectivity index (χ2n) is 7.22. The maximum atomic E-state index is 12.9. The molecule has 2 aliphatic heterocycles. The van der Waals surface area contributed by atoms with E-state index in [1.807, 2.05) is 11.3 Å². The molecule has 2 fully saturated rings. The highest BCUT2D eigenvalue weighted by atomic mass is 32.1. The molecule has 1 aromatic rings. The zero-order valence-electron chi connectivity index (χ0n) is 13.7. The summed E-state index contributed by atoms with van der Waals surface area (Å²) in [5, 5.41) is 2.16. The van der Waals surface area contributed by atoms with Gasteiger partial charge in [-0.25, -0.2) is 0 Å². The van der Waals surface area contributed by atoms with Crippen LogP contribution in [-0.2, 0) is 16.0 Å². The van der Waals surface area contributed by atoms with Gasteiger partial charge in [-0.3, -0.25) is 19.4 Å². The summed E-state index contributed by atoms with van der Waals surface area (Å²) >= 11 is 1.83. The number of hydrogen-bond acceptors (Lipinski definition) is 4. The average Bonchev–Trinajstić information content (AvgIpc) is 3.24. The van der Waals surface area contributed by atoms with E-state index in [0.717, 1.165) is 45.1 Å². The molecule has 1 aliphatic carbocycles. The van der Waals surface area contributed by atoms with Gasteiger partial charge in [0, 0.05) is 23.9 Å². The minimum atomic E-state index is -0.345. The molecular weight excluding hydrogens is 308 g/mol. The number of likely N-dealkylation sites (tertiary alicyclic amines) is 1. The normalized spacial score (nSPS) is 27.2. The minimum Gasteiger partial charge on any atom is -0.278 e. The molecule has 2 amide bonds. The predicted molar refractivity (Wildman–Crippen MR) is 90.0 cm³/mol. The number of hydrogen-bond donors (Lipinski definition) is 0. The van der Waals surface area contributed by atoms with Crippen molar-refractivity contribution in [2.45, 2.75) is 57.9 Å². The highest BCUT2D eigenvalue weighted by Gasteiger charge is 2.53. The molecule has 1 aromatic heterocycles. The Hall–Kier alpha value is -1.20. The Morgan fingerprint density at radius 3 is 2.83 bits per heavy atom. The van der Waals surface area contributed by atoms with Gasteiger partial charge >= 0.3 is 0 Å². The summed E-state index contributed by atoms with van der Waals surface area (Å²) in [6.45, 7) is 3.61. The molecule has 1 saturated carbocycles. The van der Waals surface area contributed by atoms with E-state index in [2.05, 4.69) is 23.3 Å². The fourth-order valence-corrected chi connectivity index (χ4v) is 5.65. The number of nitrogens with zero attached hydrogens (tertiary/aromatic N) is 2. The van der Waals surface area contributed by atoms with E-state index in [4.69, 9.17) is 0 Å². The van der Waals surface area contributed by atoms with Gasteiger partial charge in [0.25, 0.3) is 0 Å². The Kier molecular flexibility index (Phi) is 3.81. The highest BCUT2D eigenvalue weighted by molar-refractivity contribution is 7.10. The summed E-state index contributed by atoms with van der Waals surface area (Å²) in [7, 11) is 0. The largest absolute Gasteiger partial charge is 0.278 e. The number of fused-ring (bicyclic) bond motifs is 1. The molecular formula is C18H24N2O2S. The Labute approximate surface area is 141 Å². The van der Waals surface area contributed by atoms with Crippen LogP contribution >= 0.6 is 11.3 Å². The molecule has 0 N–H and O–H groups in total. The molecule has 1 atom stereocenters. The van der Waals surface area contributed by atoms with Crippen LogP contribution in [0, 0.1) is 5.41 Å². The summed E-state index contributed by atoms with van der Waals surface area (Å²) in [5.74, 6) is 0.147. The predicted octanol–water partition coefficient (Wildman–Crippen LogP) is 3.33. The first-order valence-corrected chi connectivity index (χ1v) is 9.68. The molecule has 1 saturated heterocycles. The van der Waals surface area contributed by atoms with Crippen molar-refractivity contribution >= 4 is 23.2 Å². The molecule has 5 heteroatoms. The Balaban J connectivity index is 1.54. The lowest BCUT2D eigenvalue weighted by molar-refractivity contribution is -0.144. The fourth-order valence-electron chi connectivity index (χ4n) is 4.72. The summed E-state index contributed by atoms with van der Waals surface area (Å²) in [6.07, 6.45) is 6.48.